The van der Waals surface area contributed by atoms with Gasteiger partial charge in [-0.1, -0.05) is 6.07 Å². The van der Waals surface area contributed by atoms with Gasteiger partial charge in [-0.2, -0.15) is 0 Å². The van der Waals surface area contributed by atoms with Gasteiger partial charge in [-0.05, 0) is 31.2 Å². The molecule has 3 rings (SSSR count). The zero-order chi connectivity index (χ0) is 12.5. The number of amides is 1. The summed E-state index contributed by atoms with van der Waals surface area (Å²) in [5.41, 5.74) is 2.42. The van der Waals surface area contributed by atoms with Crippen LogP contribution in [0.3, 0.4) is 0 Å². The Balaban J connectivity index is 1.92. The molecular formula is C13H11N3OS. The van der Waals surface area contributed by atoms with E-state index < -0.39 is 0 Å². The van der Waals surface area contributed by atoms with Crippen LogP contribution in [0.1, 0.15) is 14.5 Å². The fourth-order valence-corrected chi connectivity index (χ4v) is 2.57. The van der Waals surface area contributed by atoms with E-state index in [1.54, 1.807) is 6.33 Å². The Bertz CT molecular complexity index is 714. The smallest absolute Gasteiger partial charge is 0.265 e. The van der Waals surface area contributed by atoms with Gasteiger partial charge in [-0.3, -0.25) is 4.79 Å². The lowest BCUT2D eigenvalue weighted by atomic mass is 10.2. The maximum Gasteiger partial charge on any atom is 0.265 e. The fourth-order valence-electron chi connectivity index (χ4n) is 1.81. The van der Waals surface area contributed by atoms with E-state index in [4.69, 9.17) is 0 Å². The molecule has 0 spiro atoms. The highest BCUT2D eigenvalue weighted by molar-refractivity contribution is 7.14. The van der Waals surface area contributed by atoms with Gasteiger partial charge in [0.05, 0.1) is 22.4 Å². The largest absolute Gasteiger partial charge is 0.345 e. The van der Waals surface area contributed by atoms with Crippen molar-refractivity contribution < 1.29 is 4.79 Å². The molecule has 0 bridgehead atoms. The van der Waals surface area contributed by atoms with Crippen LogP contribution in [-0.2, 0) is 0 Å². The molecule has 0 unspecified atom stereocenters. The number of H-pyrrole nitrogens is 1. The van der Waals surface area contributed by atoms with Gasteiger partial charge in [0.25, 0.3) is 5.91 Å². The quantitative estimate of drug-likeness (QED) is 0.740. The molecule has 0 aliphatic rings. The third-order valence-electron chi connectivity index (χ3n) is 2.66. The maximum atomic E-state index is 12.1. The normalized spacial score (nSPS) is 10.7. The molecule has 18 heavy (non-hydrogen) atoms. The number of para-hydroxylation sites is 1. The van der Waals surface area contributed by atoms with Crippen LogP contribution in [0.4, 0.5) is 5.69 Å². The Morgan fingerprint density at radius 2 is 2.22 bits per heavy atom. The van der Waals surface area contributed by atoms with Crippen molar-refractivity contribution in [2.45, 2.75) is 6.92 Å². The second-order valence-electron chi connectivity index (χ2n) is 3.97. The number of fused-ring (bicyclic) bond motifs is 1. The van der Waals surface area contributed by atoms with Crippen LogP contribution >= 0.6 is 11.3 Å². The highest BCUT2D eigenvalue weighted by Gasteiger charge is 2.10. The van der Waals surface area contributed by atoms with Crippen LogP contribution in [0, 0.1) is 6.92 Å². The first-order valence-corrected chi connectivity index (χ1v) is 6.35. The summed E-state index contributed by atoms with van der Waals surface area (Å²) in [7, 11) is 0. The first-order chi connectivity index (χ1) is 8.74. The van der Waals surface area contributed by atoms with E-state index in [9.17, 15) is 4.79 Å². The monoisotopic (exact) mass is 257 g/mol. The van der Waals surface area contributed by atoms with E-state index in [-0.39, 0.29) is 5.91 Å². The minimum absolute atomic E-state index is 0.0939. The number of aromatic nitrogens is 2. The molecule has 0 fully saturated rings. The number of nitrogens with zero attached hydrogens (tertiary/aromatic N) is 1. The Labute approximate surface area is 108 Å². The number of carbonyl (C=O) groups excluding carboxylic acids is 1. The van der Waals surface area contributed by atoms with Crippen LogP contribution in [0.5, 0.6) is 0 Å². The van der Waals surface area contributed by atoms with E-state index in [1.165, 1.54) is 11.3 Å². The number of hydrogen-bond donors (Lipinski definition) is 2. The summed E-state index contributed by atoms with van der Waals surface area (Å²) in [5, 5.41) is 2.89. The standard InChI is InChI=1S/C13H11N3OS/c1-8-5-6-11(18-8)13(17)16-10-4-2-3-9-12(10)15-7-14-9/h2-7H,1H3,(H,14,15)(H,16,17). The van der Waals surface area contributed by atoms with Crippen molar-refractivity contribution >= 4 is 34.0 Å². The average molecular weight is 257 g/mol. The predicted octanol–water partition coefficient (Wildman–Crippen LogP) is 3.19. The molecule has 0 saturated carbocycles. The minimum Gasteiger partial charge on any atom is -0.345 e. The van der Waals surface area contributed by atoms with E-state index in [1.807, 2.05) is 37.3 Å². The maximum absolute atomic E-state index is 12.1. The number of anilines is 1. The summed E-state index contributed by atoms with van der Waals surface area (Å²) in [6.45, 7) is 1.98. The molecule has 2 N–H and O–H groups in total. The van der Waals surface area contributed by atoms with Crippen molar-refractivity contribution in [2.75, 3.05) is 5.32 Å². The van der Waals surface area contributed by atoms with Gasteiger partial charge >= 0.3 is 0 Å². The molecule has 3 aromatic rings. The molecule has 0 radical (unpaired) electrons. The lowest BCUT2D eigenvalue weighted by Crippen LogP contribution is -2.10. The van der Waals surface area contributed by atoms with Gasteiger partial charge in [-0.15, -0.1) is 11.3 Å². The van der Waals surface area contributed by atoms with Crippen molar-refractivity contribution in [2.24, 2.45) is 0 Å². The molecule has 1 aromatic carbocycles. The molecule has 0 aliphatic carbocycles. The van der Waals surface area contributed by atoms with E-state index >= 15 is 0 Å². The molecule has 5 heteroatoms. The first-order valence-electron chi connectivity index (χ1n) is 5.54. The number of imidazole rings is 1. The Kier molecular flexibility index (Phi) is 2.60. The van der Waals surface area contributed by atoms with E-state index in [2.05, 4.69) is 15.3 Å². The number of rotatable bonds is 2. The van der Waals surface area contributed by atoms with Gasteiger partial charge in [0.2, 0.25) is 0 Å². The van der Waals surface area contributed by atoms with Crippen molar-refractivity contribution in [3.8, 4) is 0 Å². The highest BCUT2D eigenvalue weighted by Crippen LogP contribution is 2.22. The number of benzene rings is 1. The van der Waals surface area contributed by atoms with Gasteiger partial charge < -0.3 is 10.3 Å². The number of carbonyl (C=O) groups is 1. The van der Waals surface area contributed by atoms with Crippen LogP contribution in [0.15, 0.2) is 36.7 Å². The summed E-state index contributed by atoms with van der Waals surface area (Å²) >= 11 is 1.48. The molecular weight excluding hydrogens is 246 g/mol. The first kappa shape index (κ1) is 11.0. The van der Waals surface area contributed by atoms with Crippen molar-refractivity contribution in [1.29, 1.82) is 0 Å². The number of nitrogens with one attached hydrogen (secondary N) is 2. The zero-order valence-corrected chi connectivity index (χ0v) is 10.5. The zero-order valence-electron chi connectivity index (χ0n) is 9.73. The molecule has 4 nitrogen and oxygen atoms in total. The third-order valence-corrected chi connectivity index (χ3v) is 3.66. The van der Waals surface area contributed by atoms with Crippen molar-refractivity contribution in [3.63, 3.8) is 0 Å². The van der Waals surface area contributed by atoms with E-state index in [0.717, 1.165) is 21.6 Å². The predicted molar refractivity (Wildman–Crippen MR) is 73.1 cm³/mol. The van der Waals surface area contributed by atoms with Crippen molar-refractivity contribution in [3.05, 3.63) is 46.4 Å². The van der Waals surface area contributed by atoms with Gasteiger partial charge in [0.15, 0.2) is 0 Å². The van der Waals surface area contributed by atoms with Crippen LogP contribution < -0.4 is 5.32 Å². The number of hydrogen-bond acceptors (Lipinski definition) is 3. The molecule has 0 saturated heterocycles. The summed E-state index contributed by atoms with van der Waals surface area (Å²) in [6, 6.07) is 9.43. The molecule has 0 aliphatic heterocycles. The summed E-state index contributed by atoms with van der Waals surface area (Å²) in [6.07, 6.45) is 1.62. The van der Waals surface area contributed by atoms with Crippen molar-refractivity contribution in [1.82, 2.24) is 9.97 Å². The third kappa shape index (κ3) is 1.89. The van der Waals surface area contributed by atoms with Gasteiger partial charge in [-0.25, -0.2) is 4.98 Å². The van der Waals surface area contributed by atoms with Gasteiger partial charge in [0, 0.05) is 4.88 Å². The molecule has 2 heterocycles. The number of aromatic amines is 1. The SMILES string of the molecule is Cc1ccc(C(=O)Nc2cccc3[nH]cnc23)s1. The fraction of sp³-hybridized carbons (Fsp3) is 0.0769. The second-order valence-corrected chi connectivity index (χ2v) is 5.26. The van der Waals surface area contributed by atoms with Crippen LogP contribution in [0.25, 0.3) is 11.0 Å². The Hall–Kier alpha value is -2.14. The van der Waals surface area contributed by atoms with Crippen LogP contribution in [-0.4, -0.2) is 15.9 Å². The molecule has 1 amide bonds. The average Bonchev–Trinajstić information content (AvgIpc) is 2.97. The van der Waals surface area contributed by atoms with Crippen LogP contribution in [0.2, 0.25) is 0 Å². The minimum atomic E-state index is -0.0939. The molecule has 0 atom stereocenters. The Morgan fingerprint density at radius 3 is 3.00 bits per heavy atom. The lowest BCUT2D eigenvalue weighted by Gasteiger charge is -2.03. The summed E-state index contributed by atoms with van der Waals surface area (Å²) < 4.78 is 0. The van der Waals surface area contributed by atoms with Gasteiger partial charge in [0.1, 0.15) is 5.52 Å². The lowest BCUT2D eigenvalue weighted by molar-refractivity contribution is 0.103. The highest BCUT2D eigenvalue weighted by atomic mass is 32.1. The summed E-state index contributed by atoms with van der Waals surface area (Å²) in [5.74, 6) is -0.0939. The summed E-state index contributed by atoms with van der Waals surface area (Å²) in [4.78, 5) is 21.1. The second kappa shape index (κ2) is 4.27. The topological polar surface area (TPSA) is 57.8 Å². The van der Waals surface area contributed by atoms with E-state index in [0.29, 0.717) is 4.88 Å². The number of aryl methyl sites for hydroxylation is 1. The molecule has 90 valence electrons. The molecule has 2 aromatic heterocycles. The Morgan fingerprint density at radius 1 is 1.33 bits per heavy atom. The number of thiophene rings is 1.